The number of aryl methyl sites for hydroxylation is 3. The lowest BCUT2D eigenvalue weighted by Crippen LogP contribution is -2.25. The van der Waals surface area contributed by atoms with Crippen LogP contribution in [0.2, 0.25) is 0 Å². The van der Waals surface area contributed by atoms with E-state index in [-0.39, 0.29) is 5.91 Å². The van der Waals surface area contributed by atoms with Crippen LogP contribution in [0.3, 0.4) is 0 Å². The van der Waals surface area contributed by atoms with E-state index < -0.39 is 0 Å². The molecule has 3 aromatic rings. The smallest absolute Gasteiger partial charge is 0.224 e. The van der Waals surface area contributed by atoms with E-state index in [1.54, 1.807) is 0 Å². The van der Waals surface area contributed by atoms with Crippen LogP contribution >= 0.6 is 0 Å². The van der Waals surface area contributed by atoms with Crippen molar-refractivity contribution in [1.29, 1.82) is 0 Å². The first-order chi connectivity index (χ1) is 11.6. The largest absolute Gasteiger partial charge is 0.326 e. The summed E-state index contributed by atoms with van der Waals surface area (Å²) in [6.07, 6.45) is 4.76. The summed E-state index contributed by atoms with van der Waals surface area (Å²) in [6, 6.07) is 11.6. The number of hydrogen-bond donors (Lipinski definition) is 2. The summed E-state index contributed by atoms with van der Waals surface area (Å²) in [5.41, 5.74) is 2.91. The molecule has 2 heterocycles. The Kier molecular flexibility index (Phi) is 4.65. The molecule has 0 saturated heterocycles. The van der Waals surface area contributed by atoms with Gasteiger partial charge < -0.3 is 5.32 Å². The molecule has 0 unspecified atom stereocenters. The van der Waals surface area contributed by atoms with Gasteiger partial charge in [0.2, 0.25) is 5.91 Å². The van der Waals surface area contributed by atoms with Gasteiger partial charge in [0.1, 0.15) is 12.9 Å². The third kappa shape index (κ3) is 4.04. The van der Waals surface area contributed by atoms with Crippen LogP contribution in [0.5, 0.6) is 0 Å². The van der Waals surface area contributed by atoms with E-state index in [1.807, 2.05) is 67.3 Å². The Balaban J connectivity index is 1.56. The number of rotatable bonds is 5. The highest BCUT2D eigenvalue weighted by atomic mass is 16.1. The van der Waals surface area contributed by atoms with Crippen molar-refractivity contribution < 1.29 is 9.36 Å². The van der Waals surface area contributed by atoms with Crippen molar-refractivity contribution in [1.82, 2.24) is 15.2 Å². The molecule has 0 aliphatic heterocycles. The fraction of sp³-hybridized carbons (Fsp3) is 0.222. The van der Waals surface area contributed by atoms with Gasteiger partial charge >= 0.3 is 0 Å². The van der Waals surface area contributed by atoms with Crippen LogP contribution in [-0.2, 0) is 18.3 Å². The Bertz CT molecular complexity index is 821. The highest BCUT2D eigenvalue weighted by molar-refractivity contribution is 5.90. The Morgan fingerprint density at radius 1 is 1.17 bits per heavy atom. The molecule has 0 spiro atoms. The molecular formula is C18H20N5O+. The second kappa shape index (κ2) is 7.04. The standard InChI is InChI=1S/C18H19N5O/c1-13-3-5-15(6-4-13)19-17(24)8-7-16-20-18(22-21-16)14-9-11-23(2)12-10-14/h3-6,9-12H,7-8H2,1-2H3,(H,19,24)/p+1. The van der Waals surface area contributed by atoms with Gasteiger partial charge in [0.05, 0.1) is 0 Å². The zero-order valence-electron chi connectivity index (χ0n) is 13.8. The van der Waals surface area contributed by atoms with Crippen molar-refractivity contribution in [3.05, 3.63) is 60.2 Å². The Morgan fingerprint density at radius 3 is 2.58 bits per heavy atom. The van der Waals surface area contributed by atoms with Crippen LogP contribution in [0.15, 0.2) is 48.8 Å². The molecule has 0 aliphatic rings. The molecule has 0 aliphatic carbocycles. The van der Waals surface area contributed by atoms with E-state index in [0.717, 1.165) is 16.8 Å². The normalized spacial score (nSPS) is 10.6. The van der Waals surface area contributed by atoms with Crippen LogP contribution in [0.25, 0.3) is 11.4 Å². The van der Waals surface area contributed by atoms with E-state index in [4.69, 9.17) is 0 Å². The van der Waals surface area contributed by atoms with Crippen molar-refractivity contribution in [3.63, 3.8) is 0 Å². The van der Waals surface area contributed by atoms with Gasteiger partial charge in [-0.1, -0.05) is 17.7 Å². The average molecular weight is 322 g/mol. The molecule has 1 aromatic carbocycles. The first kappa shape index (κ1) is 15.9. The summed E-state index contributed by atoms with van der Waals surface area (Å²) in [5, 5.41) is 9.99. The molecule has 122 valence electrons. The predicted molar refractivity (Wildman–Crippen MR) is 91.1 cm³/mol. The summed E-state index contributed by atoms with van der Waals surface area (Å²) in [6.45, 7) is 2.01. The maximum Gasteiger partial charge on any atom is 0.224 e. The van der Waals surface area contributed by atoms with Gasteiger partial charge in [-0.05, 0) is 19.1 Å². The minimum absolute atomic E-state index is 0.0384. The van der Waals surface area contributed by atoms with Crippen LogP contribution in [0.1, 0.15) is 17.8 Å². The minimum Gasteiger partial charge on any atom is -0.326 e. The lowest BCUT2D eigenvalue weighted by Gasteiger charge is -2.04. The number of aromatic nitrogens is 4. The van der Waals surface area contributed by atoms with Gasteiger partial charge in [-0.2, -0.15) is 5.10 Å². The molecule has 2 N–H and O–H groups in total. The van der Waals surface area contributed by atoms with Gasteiger partial charge in [0, 0.05) is 36.2 Å². The van der Waals surface area contributed by atoms with Crippen molar-refractivity contribution in [2.45, 2.75) is 19.8 Å². The van der Waals surface area contributed by atoms with Crippen molar-refractivity contribution in [2.24, 2.45) is 7.05 Å². The van der Waals surface area contributed by atoms with Crippen molar-refractivity contribution in [2.75, 3.05) is 5.32 Å². The van der Waals surface area contributed by atoms with E-state index in [0.29, 0.717) is 24.5 Å². The van der Waals surface area contributed by atoms with Crippen LogP contribution in [-0.4, -0.2) is 21.1 Å². The van der Waals surface area contributed by atoms with Gasteiger partial charge in [0.25, 0.3) is 0 Å². The van der Waals surface area contributed by atoms with Crippen LogP contribution < -0.4 is 9.88 Å². The van der Waals surface area contributed by atoms with Gasteiger partial charge in [-0.15, -0.1) is 0 Å². The number of anilines is 1. The number of carbonyl (C=O) groups is 1. The van der Waals surface area contributed by atoms with E-state index in [2.05, 4.69) is 20.5 Å². The average Bonchev–Trinajstić information content (AvgIpc) is 3.05. The molecule has 6 nitrogen and oxygen atoms in total. The second-order valence-corrected chi connectivity index (χ2v) is 5.77. The Morgan fingerprint density at radius 2 is 1.88 bits per heavy atom. The molecule has 0 bridgehead atoms. The summed E-state index contributed by atoms with van der Waals surface area (Å²) < 4.78 is 1.95. The molecule has 0 atom stereocenters. The predicted octanol–water partition coefficient (Wildman–Crippen LogP) is 2.18. The Labute approximate surface area is 140 Å². The SMILES string of the molecule is Cc1ccc(NC(=O)CCc2nc(-c3cc[n+](C)cc3)n[nH]2)cc1. The summed E-state index contributed by atoms with van der Waals surface area (Å²) in [4.78, 5) is 16.5. The molecule has 0 radical (unpaired) electrons. The number of nitrogens with zero attached hydrogens (tertiary/aromatic N) is 3. The topological polar surface area (TPSA) is 74.6 Å². The van der Waals surface area contributed by atoms with E-state index >= 15 is 0 Å². The quantitative estimate of drug-likeness (QED) is 0.707. The molecule has 1 amide bonds. The molecule has 24 heavy (non-hydrogen) atoms. The third-order valence-electron chi connectivity index (χ3n) is 3.69. The molecule has 0 saturated carbocycles. The monoisotopic (exact) mass is 322 g/mol. The number of amides is 1. The molecule has 0 fully saturated rings. The number of pyridine rings is 1. The van der Waals surface area contributed by atoms with Gasteiger partial charge in [0.15, 0.2) is 18.2 Å². The summed E-state index contributed by atoms with van der Waals surface area (Å²) >= 11 is 0. The summed E-state index contributed by atoms with van der Waals surface area (Å²) in [5.74, 6) is 1.31. The number of H-pyrrole nitrogens is 1. The molecule has 6 heteroatoms. The number of hydrogen-bond acceptors (Lipinski definition) is 3. The van der Waals surface area contributed by atoms with Gasteiger partial charge in [-0.3, -0.25) is 9.89 Å². The number of benzene rings is 1. The first-order valence-corrected chi connectivity index (χ1v) is 7.83. The zero-order chi connectivity index (χ0) is 16.9. The Hall–Kier alpha value is -3.02. The lowest BCUT2D eigenvalue weighted by molar-refractivity contribution is -0.671. The molecule has 2 aromatic heterocycles. The van der Waals surface area contributed by atoms with Crippen molar-refractivity contribution >= 4 is 11.6 Å². The molecule has 3 rings (SSSR count). The fourth-order valence-electron chi connectivity index (χ4n) is 2.28. The number of carbonyl (C=O) groups excluding carboxylic acids is 1. The highest BCUT2D eigenvalue weighted by Gasteiger charge is 2.09. The number of aromatic amines is 1. The van der Waals surface area contributed by atoms with E-state index in [9.17, 15) is 4.79 Å². The minimum atomic E-state index is -0.0384. The number of nitrogens with one attached hydrogen (secondary N) is 2. The third-order valence-corrected chi connectivity index (χ3v) is 3.69. The maximum atomic E-state index is 12.0. The van der Waals surface area contributed by atoms with Crippen molar-refractivity contribution in [3.8, 4) is 11.4 Å². The van der Waals surface area contributed by atoms with Crippen LogP contribution in [0.4, 0.5) is 5.69 Å². The second-order valence-electron chi connectivity index (χ2n) is 5.77. The van der Waals surface area contributed by atoms with Gasteiger partial charge in [-0.25, -0.2) is 9.55 Å². The first-order valence-electron chi connectivity index (χ1n) is 7.83. The molecular weight excluding hydrogens is 302 g/mol. The highest BCUT2D eigenvalue weighted by Crippen LogP contribution is 2.13. The van der Waals surface area contributed by atoms with Crippen LogP contribution in [0, 0.1) is 6.92 Å². The fourth-order valence-corrected chi connectivity index (χ4v) is 2.28. The lowest BCUT2D eigenvalue weighted by atomic mass is 10.2. The summed E-state index contributed by atoms with van der Waals surface area (Å²) in [7, 11) is 1.96. The van der Waals surface area contributed by atoms with E-state index in [1.165, 1.54) is 0 Å². The zero-order valence-corrected chi connectivity index (χ0v) is 13.8. The maximum absolute atomic E-state index is 12.0.